The van der Waals surface area contributed by atoms with Crippen LogP contribution in [0.5, 0.6) is 0 Å². The van der Waals surface area contributed by atoms with Gasteiger partial charge in [0.15, 0.2) is 0 Å². The Kier molecular flexibility index (Phi) is 11.1. The second-order valence-electron chi connectivity index (χ2n) is 4.24. The Labute approximate surface area is 143 Å². The fourth-order valence-electron chi connectivity index (χ4n) is 1.60. The third-order valence-corrected chi connectivity index (χ3v) is 2.67. The second kappa shape index (κ2) is 11.7. The Morgan fingerprint density at radius 3 is 1.85 bits per heavy atom. The minimum absolute atomic E-state index is 0. The van der Waals surface area contributed by atoms with Gasteiger partial charge >= 0.3 is 29.6 Å². The molecule has 0 saturated carbocycles. The van der Waals surface area contributed by atoms with Crippen molar-refractivity contribution < 1.29 is 39.5 Å². The van der Waals surface area contributed by atoms with E-state index in [9.17, 15) is 9.90 Å². The Hall–Kier alpha value is -1.09. The quantitative estimate of drug-likeness (QED) is 0.743. The van der Waals surface area contributed by atoms with Gasteiger partial charge in [-0.1, -0.05) is 74.0 Å². The molecule has 0 fully saturated rings. The number of benzene rings is 2. The van der Waals surface area contributed by atoms with Crippen molar-refractivity contribution in [3.8, 4) is 0 Å². The zero-order valence-electron chi connectivity index (χ0n) is 12.2. The van der Waals surface area contributed by atoms with Crippen LogP contribution in [0.25, 0.3) is 0 Å². The molecule has 20 heavy (non-hydrogen) atoms. The molecule has 2 aromatic carbocycles. The number of aryl methyl sites for hydroxylation is 1. The topological polar surface area (TPSA) is 40.1 Å². The van der Waals surface area contributed by atoms with Crippen LogP contribution in [0.2, 0.25) is 0 Å². The van der Waals surface area contributed by atoms with Crippen molar-refractivity contribution in [1.82, 2.24) is 0 Å². The minimum Gasteiger partial charge on any atom is -0.545 e. The smallest absolute Gasteiger partial charge is 0.545 e. The standard InChI is InChI=1S/C10H14.C7H6O2.Na/c1-2-3-7-10-8-5-4-6-9-10;8-7(9)6-4-2-1-3-5-6;/h4-6,8-9H,2-3,7H2,1H3;1-5H,(H,8,9);/q;;+1/p-1. The normalized spacial score (nSPS) is 8.85. The van der Waals surface area contributed by atoms with Crippen LogP contribution in [-0.4, -0.2) is 5.97 Å². The first kappa shape index (κ1) is 18.9. The van der Waals surface area contributed by atoms with E-state index in [-0.39, 0.29) is 35.1 Å². The number of hydrogen-bond donors (Lipinski definition) is 0. The van der Waals surface area contributed by atoms with Crippen LogP contribution in [0.15, 0.2) is 60.7 Å². The molecular formula is C17H19NaO2. The van der Waals surface area contributed by atoms with E-state index in [0.717, 1.165) is 0 Å². The molecule has 0 aromatic heterocycles. The molecule has 0 bridgehead atoms. The third kappa shape index (κ3) is 8.16. The molecule has 0 atom stereocenters. The summed E-state index contributed by atoms with van der Waals surface area (Å²) in [6.07, 6.45) is 3.83. The van der Waals surface area contributed by atoms with Crippen LogP contribution in [0.1, 0.15) is 35.7 Å². The summed E-state index contributed by atoms with van der Waals surface area (Å²) in [7, 11) is 0. The average molecular weight is 278 g/mol. The second-order valence-corrected chi connectivity index (χ2v) is 4.24. The minimum atomic E-state index is -1.13. The number of carbonyl (C=O) groups is 1. The number of unbranched alkanes of at least 4 members (excludes halogenated alkanes) is 1. The zero-order valence-corrected chi connectivity index (χ0v) is 14.2. The van der Waals surface area contributed by atoms with Crippen LogP contribution in [0, 0.1) is 0 Å². The van der Waals surface area contributed by atoms with Gasteiger partial charge in [-0.3, -0.25) is 0 Å². The molecule has 100 valence electrons. The molecule has 0 heterocycles. The van der Waals surface area contributed by atoms with E-state index < -0.39 is 5.97 Å². The Morgan fingerprint density at radius 1 is 0.950 bits per heavy atom. The van der Waals surface area contributed by atoms with Gasteiger partial charge in [0, 0.05) is 0 Å². The van der Waals surface area contributed by atoms with E-state index in [0.29, 0.717) is 0 Å². The summed E-state index contributed by atoms with van der Waals surface area (Å²) < 4.78 is 0. The van der Waals surface area contributed by atoms with Crippen molar-refractivity contribution in [3.05, 3.63) is 71.8 Å². The summed E-state index contributed by atoms with van der Waals surface area (Å²) >= 11 is 0. The molecular weight excluding hydrogens is 259 g/mol. The van der Waals surface area contributed by atoms with Gasteiger partial charge in [0.2, 0.25) is 0 Å². The van der Waals surface area contributed by atoms with Crippen molar-refractivity contribution in [2.24, 2.45) is 0 Å². The van der Waals surface area contributed by atoms with Crippen LogP contribution >= 0.6 is 0 Å². The van der Waals surface area contributed by atoms with Crippen molar-refractivity contribution in [2.75, 3.05) is 0 Å². The molecule has 3 heteroatoms. The molecule has 0 unspecified atom stereocenters. The van der Waals surface area contributed by atoms with E-state index in [1.165, 1.54) is 37.0 Å². The summed E-state index contributed by atoms with van der Waals surface area (Å²) in [5.41, 5.74) is 1.68. The fourth-order valence-corrected chi connectivity index (χ4v) is 1.60. The number of hydrogen-bond acceptors (Lipinski definition) is 2. The van der Waals surface area contributed by atoms with Crippen molar-refractivity contribution in [1.29, 1.82) is 0 Å². The molecule has 0 radical (unpaired) electrons. The van der Waals surface area contributed by atoms with Gasteiger partial charge in [0.25, 0.3) is 0 Å². The molecule has 0 aliphatic carbocycles. The maximum Gasteiger partial charge on any atom is 1.00 e. The van der Waals surface area contributed by atoms with Crippen molar-refractivity contribution >= 4 is 5.97 Å². The van der Waals surface area contributed by atoms with E-state index in [1.54, 1.807) is 18.2 Å². The van der Waals surface area contributed by atoms with E-state index in [2.05, 4.69) is 37.3 Å². The number of carbonyl (C=O) groups excluding carboxylic acids is 1. The molecule has 0 N–H and O–H groups in total. The summed E-state index contributed by atoms with van der Waals surface area (Å²) in [4.78, 5) is 10.1. The Bertz CT molecular complexity index is 469. The summed E-state index contributed by atoms with van der Waals surface area (Å²) in [6, 6.07) is 18.7. The third-order valence-electron chi connectivity index (χ3n) is 2.67. The molecule has 2 nitrogen and oxygen atoms in total. The maximum absolute atomic E-state index is 10.1. The van der Waals surface area contributed by atoms with Gasteiger partial charge in [-0.05, 0) is 24.0 Å². The maximum atomic E-state index is 10.1. The van der Waals surface area contributed by atoms with Gasteiger partial charge in [-0.2, -0.15) is 0 Å². The largest absolute Gasteiger partial charge is 1.00 e. The molecule has 0 amide bonds. The monoisotopic (exact) mass is 278 g/mol. The van der Waals surface area contributed by atoms with Gasteiger partial charge in [-0.15, -0.1) is 0 Å². The first-order valence-electron chi connectivity index (χ1n) is 6.54. The summed E-state index contributed by atoms with van der Waals surface area (Å²) in [6.45, 7) is 2.23. The van der Waals surface area contributed by atoms with E-state index >= 15 is 0 Å². The predicted octanol–water partition coefficient (Wildman–Crippen LogP) is 0.0833. The van der Waals surface area contributed by atoms with Crippen LogP contribution < -0.4 is 34.7 Å². The van der Waals surface area contributed by atoms with Crippen molar-refractivity contribution in [2.45, 2.75) is 26.2 Å². The first-order chi connectivity index (χ1) is 9.24. The average Bonchev–Trinajstić information content (AvgIpc) is 2.48. The van der Waals surface area contributed by atoms with Gasteiger partial charge in [-0.25, -0.2) is 0 Å². The Balaban J connectivity index is 0.000000345. The molecule has 0 aliphatic rings. The van der Waals surface area contributed by atoms with Crippen LogP contribution in [0.3, 0.4) is 0 Å². The Morgan fingerprint density at radius 2 is 1.45 bits per heavy atom. The fraction of sp³-hybridized carbons (Fsp3) is 0.235. The molecule has 0 aliphatic heterocycles. The van der Waals surface area contributed by atoms with E-state index in [4.69, 9.17) is 0 Å². The zero-order chi connectivity index (χ0) is 13.9. The molecule has 0 saturated heterocycles. The van der Waals surface area contributed by atoms with Crippen LogP contribution in [-0.2, 0) is 6.42 Å². The van der Waals surface area contributed by atoms with Crippen LogP contribution in [0.4, 0.5) is 0 Å². The number of carboxylic acids is 1. The summed E-state index contributed by atoms with van der Waals surface area (Å²) in [5.74, 6) is -1.13. The molecule has 2 aromatic rings. The number of rotatable bonds is 4. The first-order valence-corrected chi connectivity index (χ1v) is 6.54. The van der Waals surface area contributed by atoms with Crippen molar-refractivity contribution in [3.63, 3.8) is 0 Å². The van der Waals surface area contributed by atoms with Gasteiger partial charge < -0.3 is 9.90 Å². The van der Waals surface area contributed by atoms with E-state index in [1.807, 2.05) is 0 Å². The summed E-state index contributed by atoms with van der Waals surface area (Å²) in [5, 5.41) is 10.1. The SMILES string of the molecule is CCCCc1ccccc1.O=C([O-])c1ccccc1.[Na+]. The molecule has 2 rings (SSSR count). The molecule has 0 spiro atoms. The number of aromatic carboxylic acids is 1. The van der Waals surface area contributed by atoms with Gasteiger partial charge in [0.1, 0.15) is 0 Å². The number of carboxylic acid groups (broad SMARTS) is 1. The predicted molar refractivity (Wildman–Crippen MR) is 75.8 cm³/mol. The van der Waals surface area contributed by atoms with Gasteiger partial charge in [0.05, 0.1) is 5.97 Å².